The number of carbonyl (C=O) groups excluding carboxylic acids is 2. The molecule has 2 aliphatic rings. The molecule has 0 atom stereocenters. The van der Waals surface area contributed by atoms with Crippen LogP contribution in [0.2, 0.25) is 5.02 Å². The fourth-order valence-corrected chi connectivity index (χ4v) is 3.86. The summed E-state index contributed by atoms with van der Waals surface area (Å²) >= 11 is 6.14. The van der Waals surface area contributed by atoms with Crippen molar-refractivity contribution in [3.63, 3.8) is 0 Å². The number of nitrogens with one attached hydrogen (secondary N) is 1. The van der Waals surface area contributed by atoms with Gasteiger partial charge in [-0.2, -0.15) is 0 Å². The monoisotopic (exact) mass is 363 g/mol. The summed E-state index contributed by atoms with van der Waals surface area (Å²) in [6.45, 7) is 2.44. The molecule has 0 unspecified atom stereocenters. The second kappa shape index (κ2) is 8.56. The maximum absolute atomic E-state index is 12.7. The van der Waals surface area contributed by atoms with E-state index in [9.17, 15) is 9.59 Å². The van der Waals surface area contributed by atoms with E-state index in [2.05, 4.69) is 5.32 Å². The first-order valence-corrected chi connectivity index (χ1v) is 9.62. The van der Waals surface area contributed by atoms with Crippen LogP contribution in [-0.4, -0.2) is 54.0 Å². The lowest BCUT2D eigenvalue weighted by molar-refractivity contribution is 0.0762. The molecule has 136 valence electrons. The predicted molar refractivity (Wildman–Crippen MR) is 99.0 cm³/mol. The molecule has 1 saturated carbocycles. The highest BCUT2D eigenvalue weighted by atomic mass is 35.5. The van der Waals surface area contributed by atoms with Crippen molar-refractivity contribution in [2.45, 2.75) is 44.6 Å². The second-order valence-electron chi connectivity index (χ2n) is 6.90. The SMILES string of the molecule is O=C(NC1CCCCC1)N1CCCN(C(=O)c2ccccc2Cl)CC1. The summed E-state index contributed by atoms with van der Waals surface area (Å²) in [4.78, 5) is 28.8. The van der Waals surface area contributed by atoms with Gasteiger partial charge in [0.05, 0.1) is 10.6 Å². The average Bonchev–Trinajstić information content (AvgIpc) is 2.89. The number of hydrogen-bond acceptors (Lipinski definition) is 2. The van der Waals surface area contributed by atoms with Crippen LogP contribution in [0.15, 0.2) is 24.3 Å². The van der Waals surface area contributed by atoms with Gasteiger partial charge in [0.1, 0.15) is 0 Å². The summed E-state index contributed by atoms with van der Waals surface area (Å²) in [5.74, 6) is -0.0554. The molecule has 5 nitrogen and oxygen atoms in total. The Bertz CT molecular complexity index is 616. The molecule has 1 aliphatic carbocycles. The number of urea groups is 1. The molecule has 1 saturated heterocycles. The first-order valence-electron chi connectivity index (χ1n) is 9.24. The van der Waals surface area contributed by atoms with Gasteiger partial charge in [-0.15, -0.1) is 0 Å². The minimum Gasteiger partial charge on any atom is -0.337 e. The summed E-state index contributed by atoms with van der Waals surface area (Å²) < 4.78 is 0. The molecule has 1 heterocycles. The van der Waals surface area contributed by atoms with Gasteiger partial charge in [-0.3, -0.25) is 4.79 Å². The van der Waals surface area contributed by atoms with Gasteiger partial charge < -0.3 is 15.1 Å². The van der Waals surface area contributed by atoms with Crippen molar-refractivity contribution >= 4 is 23.5 Å². The molecule has 6 heteroatoms. The predicted octanol–water partition coefficient (Wildman–Crippen LogP) is 3.53. The van der Waals surface area contributed by atoms with Gasteiger partial charge in [0.15, 0.2) is 0 Å². The smallest absolute Gasteiger partial charge is 0.317 e. The first-order chi connectivity index (χ1) is 12.1. The molecule has 2 fully saturated rings. The van der Waals surface area contributed by atoms with Gasteiger partial charge in [-0.25, -0.2) is 4.79 Å². The van der Waals surface area contributed by atoms with Crippen molar-refractivity contribution in [2.75, 3.05) is 26.2 Å². The molecule has 25 heavy (non-hydrogen) atoms. The molecule has 1 N–H and O–H groups in total. The summed E-state index contributed by atoms with van der Waals surface area (Å²) in [5.41, 5.74) is 0.532. The van der Waals surface area contributed by atoms with Gasteiger partial charge in [0, 0.05) is 32.2 Å². The summed E-state index contributed by atoms with van der Waals surface area (Å²) in [6.07, 6.45) is 6.62. The molecule has 0 spiro atoms. The van der Waals surface area contributed by atoms with Crippen molar-refractivity contribution in [3.8, 4) is 0 Å². The van der Waals surface area contributed by atoms with Crippen molar-refractivity contribution < 1.29 is 9.59 Å². The zero-order valence-corrected chi connectivity index (χ0v) is 15.3. The van der Waals surface area contributed by atoms with E-state index in [0.29, 0.717) is 42.8 Å². The molecule has 3 rings (SSSR count). The Hall–Kier alpha value is -1.75. The van der Waals surface area contributed by atoms with Crippen LogP contribution in [0.25, 0.3) is 0 Å². The minimum absolute atomic E-state index is 0.0129. The van der Waals surface area contributed by atoms with Crippen LogP contribution >= 0.6 is 11.6 Å². The van der Waals surface area contributed by atoms with Crippen LogP contribution in [0.1, 0.15) is 48.9 Å². The molecular weight excluding hydrogens is 338 g/mol. The molecule has 1 aromatic rings. The maximum atomic E-state index is 12.7. The molecule has 0 bridgehead atoms. The summed E-state index contributed by atoms with van der Waals surface area (Å²) in [7, 11) is 0. The lowest BCUT2D eigenvalue weighted by Gasteiger charge is -2.27. The minimum atomic E-state index is -0.0554. The fraction of sp³-hybridized carbons (Fsp3) is 0.579. The zero-order valence-electron chi connectivity index (χ0n) is 14.5. The number of halogens is 1. The Morgan fingerprint density at radius 1 is 0.920 bits per heavy atom. The Labute approximate surface area is 154 Å². The largest absolute Gasteiger partial charge is 0.337 e. The number of carbonyl (C=O) groups is 2. The first kappa shape index (κ1) is 18.1. The third kappa shape index (κ3) is 4.66. The lowest BCUT2D eigenvalue weighted by Crippen LogP contribution is -2.46. The van der Waals surface area contributed by atoms with E-state index in [0.717, 1.165) is 19.3 Å². The highest BCUT2D eigenvalue weighted by molar-refractivity contribution is 6.33. The number of rotatable bonds is 2. The maximum Gasteiger partial charge on any atom is 0.317 e. The van der Waals surface area contributed by atoms with E-state index < -0.39 is 0 Å². The topological polar surface area (TPSA) is 52.7 Å². The van der Waals surface area contributed by atoms with Gasteiger partial charge in [0.25, 0.3) is 5.91 Å². The van der Waals surface area contributed by atoms with Crippen LogP contribution in [0, 0.1) is 0 Å². The average molecular weight is 364 g/mol. The standard InChI is InChI=1S/C19H26ClN3O2/c20-17-10-5-4-9-16(17)18(24)22-11-6-12-23(14-13-22)19(25)21-15-7-2-1-3-8-15/h4-5,9-10,15H,1-3,6-8,11-14H2,(H,21,25). The van der Waals surface area contributed by atoms with E-state index in [-0.39, 0.29) is 11.9 Å². The highest BCUT2D eigenvalue weighted by Crippen LogP contribution is 2.19. The van der Waals surface area contributed by atoms with Crippen LogP contribution in [-0.2, 0) is 0 Å². The number of nitrogens with zero attached hydrogens (tertiary/aromatic N) is 2. The zero-order chi connectivity index (χ0) is 17.6. The molecule has 0 radical (unpaired) electrons. The summed E-state index contributed by atoms with van der Waals surface area (Å²) in [5, 5.41) is 3.64. The third-order valence-corrected chi connectivity index (χ3v) is 5.44. The highest BCUT2D eigenvalue weighted by Gasteiger charge is 2.25. The third-order valence-electron chi connectivity index (χ3n) is 5.11. The number of amides is 3. The van der Waals surface area contributed by atoms with Gasteiger partial charge in [-0.1, -0.05) is 43.0 Å². The van der Waals surface area contributed by atoms with E-state index in [1.54, 1.807) is 17.0 Å². The van der Waals surface area contributed by atoms with E-state index in [1.165, 1.54) is 19.3 Å². The van der Waals surface area contributed by atoms with Crippen molar-refractivity contribution in [1.29, 1.82) is 0 Å². The van der Waals surface area contributed by atoms with Crippen molar-refractivity contribution in [3.05, 3.63) is 34.9 Å². The van der Waals surface area contributed by atoms with Gasteiger partial charge >= 0.3 is 6.03 Å². The summed E-state index contributed by atoms with van der Waals surface area (Å²) in [6, 6.07) is 7.45. The number of hydrogen-bond donors (Lipinski definition) is 1. The van der Waals surface area contributed by atoms with Crippen LogP contribution in [0.5, 0.6) is 0 Å². The Morgan fingerprint density at radius 3 is 2.36 bits per heavy atom. The van der Waals surface area contributed by atoms with Gasteiger partial charge in [0.2, 0.25) is 0 Å². The lowest BCUT2D eigenvalue weighted by atomic mass is 9.96. The Morgan fingerprint density at radius 2 is 1.60 bits per heavy atom. The number of benzene rings is 1. The quantitative estimate of drug-likeness (QED) is 0.873. The second-order valence-corrected chi connectivity index (χ2v) is 7.30. The van der Waals surface area contributed by atoms with Crippen LogP contribution in [0.3, 0.4) is 0 Å². The van der Waals surface area contributed by atoms with Crippen LogP contribution in [0.4, 0.5) is 4.79 Å². The molecular formula is C19H26ClN3O2. The fourth-order valence-electron chi connectivity index (χ4n) is 3.64. The Kier molecular flexibility index (Phi) is 6.19. The van der Waals surface area contributed by atoms with Crippen molar-refractivity contribution in [2.24, 2.45) is 0 Å². The van der Waals surface area contributed by atoms with E-state index in [4.69, 9.17) is 11.6 Å². The Balaban J connectivity index is 1.55. The van der Waals surface area contributed by atoms with E-state index >= 15 is 0 Å². The molecule has 3 amide bonds. The van der Waals surface area contributed by atoms with Crippen LogP contribution < -0.4 is 5.32 Å². The molecule has 1 aromatic carbocycles. The van der Waals surface area contributed by atoms with E-state index in [1.807, 2.05) is 17.0 Å². The molecule has 1 aliphatic heterocycles. The van der Waals surface area contributed by atoms with Gasteiger partial charge in [-0.05, 0) is 31.4 Å². The van der Waals surface area contributed by atoms with Crippen molar-refractivity contribution in [1.82, 2.24) is 15.1 Å². The normalized spacial score (nSPS) is 19.4. The molecule has 0 aromatic heterocycles.